The van der Waals surface area contributed by atoms with Gasteiger partial charge in [0, 0.05) is 7.11 Å². The molecule has 4 N–H and O–H groups in total. The van der Waals surface area contributed by atoms with Gasteiger partial charge in [-0.15, -0.1) is 0 Å². The van der Waals surface area contributed by atoms with E-state index in [1.54, 1.807) is 0 Å². The first kappa shape index (κ1) is 19.1. The molecule has 10 heteroatoms. The first-order chi connectivity index (χ1) is 8.02. The number of phenols is 1. The van der Waals surface area contributed by atoms with E-state index in [9.17, 15) is 16.8 Å². The first-order valence-electron chi connectivity index (χ1n) is 4.14. The van der Waals surface area contributed by atoms with E-state index in [0.717, 1.165) is 13.2 Å². The Morgan fingerprint density at radius 3 is 1.50 bits per heavy atom. The van der Waals surface area contributed by atoms with E-state index < -0.39 is 30.9 Å². The van der Waals surface area contributed by atoms with Crippen molar-refractivity contribution < 1.29 is 36.2 Å². The van der Waals surface area contributed by atoms with Crippen LogP contribution in [0.25, 0.3) is 0 Å². The molecular formula is C8H14O8S2. The Kier molecular flexibility index (Phi) is 8.51. The van der Waals surface area contributed by atoms with Crippen LogP contribution in [0.1, 0.15) is 0 Å². The molecule has 0 aliphatic heterocycles. The second kappa shape index (κ2) is 8.00. The lowest BCUT2D eigenvalue weighted by Crippen LogP contribution is -1.97. The molecule has 0 amide bonds. The molecule has 1 aromatic carbocycles. The van der Waals surface area contributed by atoms with Gasteiger partial charge in [-0.2, -0.15) is 16.8 Å². The zero-order valence-corrected chi connectivity index (χ0v) is 11.2. The van der Waals surface area contributed by atoms with Crippen LogP contribution in [-0.4, -0.2) is 49.5 Å². The summed E-state index contributed by atoms with van der Waals surface area (Å²) in [6, 6.07) is 5.17. The van der Waals surface area contributed by atoms with E-state index in [0.29, 0.717) is 6.26 Å². The molecular weight excluding hydrogens is 288 g/mol. The smallest absolute Gasteiger partial charge is 0.298 e. The minimum atomic E-state index is -4.28. The lowest BCUT2D eigenvalue weighted by atomic mass is 10.3. The Morgan fingerprint density at radius 2 is 1.28 bits per heavy atom. The van der Waals surface area contributed by atoms with Gasteiger partial charge in [0.25, 0.3) is 20.2 Å². The van der Waals surface area contributed by atoms with E-state index in [-0.39, 0.29) is 0 Å². The highest BCUT2D eigenvalue weighted by atomic mass is 32.2. The molecule has 8 nitrogen and oxygen atoms in total. The molecule has 0 unspecified atom stereocenters. The second-order valence-corrected chi connectivity index (χ2v) is 5.53. The molecule has 0 aromatic heterocycles. The summed E-state index contributed by atoms with van der Waals surface area (Å²) in [7, 11) is -6.95. The van der Waals surface area contributed by atoms with E-state index in [4.69, 9.17) is 19.3 Å². The fourth-order valence-corrected chi connectivity index (χ4v) is 1.26. The monoisotopic (exact) mass is 302 g/mol. The molecule has 1 aromatic rings. The number of aliphatic hydroxyl groups excluding tert-OH is 1. The van der Waals surface area contributed by atoms with Gasteiger partial charge in [-0.25, -0.2) is 0 Å². The van der Waals surface area contributed by atoms with Crippen LogP contribution < -0.4 is 0 Å². The van der Waals surface area contributed by atoms with Crippen molar-refractivity contribution in [3.63, 3.8) is 0 Å². The van der Waals surface area contributed by atoms with Crippen LogP contribution in [-0.2, 0) is 20.2 Å². The average Bonchev–Trinajstić information content (AvgIpc) is 2.17. The predicted molar refractivity (Wildman–Crippen MR) is 63.5 cm³/mol. The van der Waals surface area contributed by atoms with E-state index in [2.05, 4.69) is 0 Å². The number of aromatic hydroxyl groups is 1. The molecule has 0 heterocycles. The van der Waals surface area contributed by atoms with Gasteiger partial charge in [0.1, 0.15) is 10.6 Å². The topological polar surface area (TPSA) is 149 Å². The molecule has 0 spiro atoms. The van der Waals surface area contributed by atoms with E-state index >= 15 is 0 Å². The Labute approximate surface area is 105 Å². The van der Waals surface area contributed by atoms with Crippen LogP contribution in [0, 0.1) is 0 Å². The Bertz CT molecular complexity index is 538. The van der Waals surface area contributed by atoms with Crippen LogP contribution in [0.4, 0.5) is 0 Å². The summed E-state index contributed by atoms with van der Waals surface area (Å²) in [6.45, 7) is 0. The van der Waals surface area contributed by atoms with Gasteiger partial charge in [-0.05, 0) is 12.1 Å². The average molecular weight is 302 g/mol. The van der Waals surface area contributed by atoms with Crippen molar-refractivity contribution in [2.24, 2.45) is 0 Å². The highest BCUT2D eigenvalue weighted by molar-refractivity contribution is 7.86. The van der Waals surface area contributed by atoms with E-state index in [1.807, 2.05) is 0 Å². The molecule has 0 saturated heterocycles. The van der Waals surface area contributed by atoms with Gasteiger partial charge >= 0.3 is 0 Å². The molecule has 0 bridgehead atoms. The largest absolute Gasteiger partial charge is 0.506 e. The lowest BCUT2D eigenvalue weighted by Gasteiger charge is -1.97. The van der Waals surface area contributed by atoms with Crippen LogP contribution in [0.3, 0.4) is 0 Å². The number of hydrogen-bond donors (Lipinski definition) is 4. The third kappa shape index (κ3) is 11.3. The summed E-state index contributed by atoms with van der Waals surface area (Å²) in [5, 5.41) is 15.9. The maximum absolute atomic E-state index is 10.4. The Morgan fingerprint density at radius 1 is 0.944 bits per heavy atom. The molecule has 1 rings (SSSR count). The zero-order valence-electron chi connectivity index (χ0n) is 9.55. The summed E-state index contributed by atoms with van der Waals surface area (Å²) >= 11 is 0. The van der Waals surface area contributed by atoms with Crippen molar-refractivity contribution in [1.82, 2.24) is 0 Å². The Balaban J connectivity index is 0. The normalized spacial score (nSPS) is 10.5. The maximum atomic E-state index is 10.4. The molecule has 106 valence electrons. The summed E-state index contributed by atoms with van der Waals surface area (Å²) in [5.74, 6) is -0.449. The van der Waals surface area contributed by atoms with Crippen molar-refractivity contribution in [3.8, 4) is 5.75 Å². The van der Waals surface area contributed by atoms with Crippen molar-refractivity contribution in [3.05, 3.63) is 24.3 Å². The first-order valence-corrected chi connectivity index (χ1v) is 7.43. The number of phenolic OH excluding ortho intramolecular Hbond substituents is 1. The van der Waals surface area contributed by atoms with Crippen LogP contribution in [0.15, 0.2) is 29.2 Å². The minimum Gasteiger partial charge on any atom is -0.506 e. The second-order valence-electron chi connectivity index (χ2n) is 2.68. The van der Waals surface area contributed by atoms with Crippen LogP contribution >= 0.6 is 0 Å². The van der Waals surface area contributed by atoms with Gasteiger partial charge in [-0.1, -0.05) is 12.1 Å². The maximum Gasteiger partial charge on any atom is 0.298 e. The van der Waals surface area contributed by atoms with Crippen molar-refractivity contribution in [2.45, 2.75) is 4.90 Å². The lowest BCUT2D eigenvalue weighted by molar-refractivity contribution is 0.399. The highest BCUT2D eigenvalue weighted by Crippen LogP contribution is 2.20. The highest BCUT2D eigenvalue weighted by Gasteiger charge is 2.12. The van der Waals surface area contributed by atoms with Crippen molar-refractivity contribution >= 4 is 20.2 Å². The number of aliphatic hydroxyl groups is 1. The SMILES string of the molecule is CO.CS(=O)(=O)O.O=S(=O)(O)c1ccccc1O. The van der Waals surface area contributed by atoms with Gasteiger partial charge in [-0.3, -0.25) is 9.11 Å². The number of benzene rings is 1. The zero-order chi connectivity index (χ0) is 15.0. The van der Waals surface area contributed by atoms with Crippen LogP contribution in [0.2, 0.25) is 0 Å². The third-order valence-electron chi connectivity index (χ3n) is 1.14. The minimum absolute atomic E-state index is 0.449. The van der Waals surface area contributed by atoms with Gasteiger partial charge < -0.3 is 10.2 Å². The molecule has 0 radical (unpaired) electrons. The van der Waals surface area contributed by atoms with Crippen molar-refractivity contribution in [2.75, 3.05) is 13.4 Å². The molecule has 18 heavy (non-hydrogen) atoms. The van der Waals surface area contributed by atoms with Crippen LogP contribution in [0.5, 0.6) is 5.75 Å². The summed E-state index contributed by atoms with van der Waals surface area (Å²) < 4.78 is 55.2. The molecule has 0 aliphatic carbocycles. The van der Waals surface area contributed by atoms with Crippen molar-refractivity contribution in [1.29, 1.82) is 0 Å². The number of hydrogen-bond acceptors (Lipinski definition) is 6. The summed E-state index contributed by atoms with van der Waals surface area (Å²) in [6.07, 6.45) is 0.715. The predicted octanol–water partition coefficient (Wildman–Crippen LogP) is -0.249. The fourth-order valence-electron chi connectivity index (χ4n) is 0.675. The number of rotatable bonds is 1. The Hall–Kier alpha value is -1.20. The molecule has 0 aliphatic rings. The standard InChI is InChI=1S/C6H6O4S.CH4O3S.CH4O/c7-5-3-1-2-4-6(5)11(8,9)10;1-5(2,3)4;1-2/h1-4,7H,(H,8,9,10);1H3,(H,2,3,4);2H,1H3. The third-order valence-corrected chi connectivity index (χ3v) is 2.04. The molecule has 0 fully saturated rings. The van der Waals surface area contributed by atoms with Gasteiger partial charge in [0.15, 0.2) is 0 Å². The van der Waals surface area contributed by atoms with Gasteiger partial charge in [0.05, 0.1) is 6.26 Å². The van der Waals surface area contributed by atoms with E-state index in [1.165, 1.54) is 18.2 Å². The fraction of sp³-hybridized carbons (Fsp3) is 0.250. The quantitative estimate of drug-likeness (QED) is 0.519. The molecule has 0 saturated carbocycles. The summed E-state index contributed by atoms with van der Waals surface area (Å²) in [5.41, 5.74) is 0. The summed E-state index contributed by atoms with van der Waals surface area (Å²) in [4.78, 5) is -0.472. The van der Waals surface area contributed by atoms with Gasteiger partial charge in [0.2, 0.25) is 0 Å². The number of para-hydroxylation sites is 1. The molecule has 0 atom stereocenters.